The minimum atomic E-state index is 0.718. The molecule has 0 amide bonds. The van der Waals surface area contributed by atoms with Gasteiger partial charge >= 0.3 is 0 Å². The maximum Gasteiger partial charge on any atom is 0.0785 e. The van der Waals surface area contributed by atoms with Crippen LogP contribution in [-0.4, -0.2) is 22.4 Å². The number of hydrogen-bond donors (Lipinski definition) is 1. The van der Waals surface area contributed by atoms with Crippen LogP contribution in [0.5, 0.6) is 0 Å². The molecule has 0 unspecified atom stereocenters. The molecule has 1 aliphatic carbocycles. The molecule has 1 fully saturated rings. The summed E-state index contributed by atoms with van der Waals surface area (Å²) < 4.78 is 1.89. The first kappa shape index (κ1) is 9.03. The molecule has 1 aliphatic rings. The summed E-state index contributed by atoms with van der Waals surface area (Å²) >= 11 is 5.73. The van der Waals surface area contributed by atoms with E-state index >= 15 is 0 Å². The van der Waals surface area contributed by atoms with Crippen molar-refractivity contribution in [3.8, 4) is 0 Å². The predicted molar refractivity (Wildman–Crippen MR) is 52.9 cm³/mol. The first-order valence-electron chi connectivity index (χ1n) is 4.76. The summed E-state index contributed by atoms with van der Waals surface area (Å²) in [5, 5.41) is 8.28. The van der Waals surface area contributed by atoms with Crippen LogP contribution in [0.1, 0.15) is 19.3 Å². The molecule has 0 aliphatic heterocycles. The third-order valence-corrected chi connectivity index (χ3v) is 2.37. The number of rotatable bonds is 5. The predicted octanol–water partition coefficient (Wildman–Crippen LogP) is 1.68. The van der Waals surface area contributed by atoms with E-state index < -0.39 is 0 Å². The van der Waals surface area contributed by atoms with Gasteiger partial charge in [-0.25, -0.2) is 0 Å². The van der Waals surface area contributed by atoms with E-state index in [1.807, 2.05) is 10.9 Å². The summed E-state index contributed by atoms with van der Waals surface area (Å²) in [6.45, 7) is 2.04. The number of halogens is 1. The monoisotopic (exact) mass is 199 g/mol. The van der Waals surface area contributed by atoms with Gasteiger partial charge < -0.3 is 5.32 Å². The van der Waals surface area contributed by atoms with Gasteiger partial charge in [-0.3, -0.25) is 4.68 Å². The van der Waals surface area contributed by atoms with E-state index in [0.29, 0.717) is 0 Å². The lowest BCUT2D eigenvalue weighted by molar-refractivity contribution is 0.542. The molecule has 0 radical (unpaired) electrons. The van der Waals surface area contributed by atoms with Crippen molar-refractivity contribution in [2.24, 2.45) is 0 Å². The fourth-order valence-electron chi connectivity index (χ4n) is 1.30. The van der Waals surface area contributed by atoms with Gasteiger partial charge in [0.05, 0.1) is 11.2 Å². The molecule has 72 valence electrons. The van der Waals surface area contributed by atoms with E-state index in [1.165, 1.54) is 12.8 Å². The van der Waals surface area contributed by atoms with E-state index in [9.17, 15) is 0 Å². The molecule has 1 aromatic rings. The third-order valence-electron chi connectivity index (χ3n) is 2.18. The number of nitrogens with zero attached hydrogens (tertiary/aromatic N) is 2. The molecule has 0 saturated heterocycles. The van der Waals surface area contributed by atoms with Gasteiger partial charge in [0, 0.05) is 18.8 Å². The maximum absolute atomic E-state index is 5.73. The Labute approximate surface area is 83.1 Å². The Morgan fingerprint density at radius 3 is 3.08 bits per heavy atom. The first-order valence-corrected chi connectivity index (χ1v) is 5.14. The smallest absolute Gasteiger partial charge is 0.0785 e. The van der Waals surface area contributed by atoms with Gasteiger partial charge in [-0.1, -0.05) is 11.6 Å². The van der Waals surface area contributed by atoms with Crippen LogP contribution in [0.4, 0.5) is 0 Å². The zero-order chi connectivity index (χ0) is 9.10. The van der Waals surface area contributed by atoms with Gasteiger partial charge in [0.2, 0.25) is 0 Å². The summed E-state index contributed by atoms with van der Waals surface area (Å²) in [4.78, 5) is 0. The summed E-state index contributed by atoms with van der Waals surface area (Å²) in [6, 6.07) is 0.807. The van der Waals surface area contributed by atoms with Crippen LogP contribution in [0.3, 0.4) is 0 Å². The molecule has 4 heteroatoms. The molecule has 0 aromatic carbocycles. The Hall–Kier alpha value is -0.540. The molecular formula is C9H14ClN3. The summed E-state index contributed by atoms with van der Waals surface area (Å²) in [7, 11) is 0. The van der Waals surface area contributed by atoms with Gasteiger partial charge in [-0.05, 0) is 25.8 Å². The van der Waals surface area contributed by atoms with E-state index in [4.69, 9.17) is 11.6 Å². The standard InChI is InChI=1S/C9H14ClN3/c10-8-6-12-13(7-8)5-1-4-11-9-2-3-9/h6-7,9,11H,1-5H2. The van der Waals surface area contributed by atoms with Crippen LogP contribution in [-0.2, 0) is 6.54 Å². The largest absolute Gasteiger partial charge is 0.314 e. The van der Waals surface area contributed by atoms with Gasteiger partial charge in [-0.2, -0.15) is 5.10 Å². The Balaban J connectivity index is 1.61. The molecule has 2 rings (SSSR count). The molecule has 0 atom stereocenters. The Bertz CT molecular complexity index is 268. The minimum Gasteiger partial charge on any atom is -0.314 e. The van der Waals surface area contributed by atoms with Crippen LogP contribution in [0.15, 0.2) is 12.4 Å². The number of aromatic nitrogens is 2. The number of nitrogens with one attached hydrogen (secondary N) is 1. The highest BCUT2D eigenvalue weighted by molar-refractivity contribution is 6.30. The zero-order valence-electron chi connectivity index (χ0n) is 7.54. The minimum absolute atomic E-state index is 0.718. The highest BCUT2D eigenvalue weighted by Crippen LogP contribution is 2.18. The second-order valence-electron chi connectivity index (χ2n) is 3.50. The van der Waals surface area contributed by atoms with Gasteiger partial charge in [0.25, 0.3) is 0 Å². The van der Waals surface area contributed by atoms with Crippen LogP contribution in [0.2, 0.25) is 5.02 Å². The average molecular weight is 200 g/mol. The average Bonchev–Trinajstić information content (AvgIpc) is 2.84. The fourth-order valence-corrected chi connectivity index (χ4v) is 1.45. The molecule has 1 N–H and O–H groups in total. The maximum atomic E-state index is 5.73. The van der Waals surface area contributed by atoms with Crippen molar-refractivity contribution < 1.29 is 0 Å². The molecule has 13 heavy (non-hydrogen) atoms. The Morgan fingerprint density at radius 2 is 2.46 bits per heavy atom. The number of aryl methyl sites for hydroxylation is 1. The quantitative estimate of drug-likeness (QED) is 0.732. The highest BCUT2D eigenvalue weighted by atomic mass is 35.5. The molecule has 1 heterocycles. The Morgan fingerprint density at radius 1 is 1.62 bits per heavy atom. The second-order valence-corrected chi connectivity index (χ2v) is 3.94. The lowest BCUT2D eigenvalue weighted by Crippen LogP contribution is -2.18. The number of hydrogen-bond acceptors (Lipinski definition) is 2. The molecule has 3 nitrogen and oxygen atoms in total. The second kappa shape index (κ2) is 4.11. The van der Waals surface area contributed by atoms with Crippen LogP contribution in [0.25, 0.3) is 0 Å². The lowest BCUT2D eigenvalue weighted by Gasteiger charge is -2.02. The fraction of sp³-hybridized carbons (Fsp3) is 0.667. The molecule has 1 aromatic heterocycles. The van der Waals surface area contributed by atoms with E-state index in [-0.39, 0.29) is 0 Å². The third kappa shape index (κ3) is 3.01. The van der Waals surface area contributed by atoms with E-state index in [0.717, 1.165) is 30.6 Å². The van der Waals surface area contributed by atoms with Crippen molar-refractivity contribution in [3.05, 3.63) is 17.4 Å². The summed E-state index contributed by atoms with van der Waals surface area (Å²) in [6.07, 6.45) is 7.37. The van der Waals surface area contributed by atoms with Crippen LogP contribution < -0.4 is 5.32 Å². The summed E-state index contributed by atoms with van der Waals surface area (Å²) in [5.74, 6) is 0. The van der Waals surface area contributed by atoms with Crippen molar-refractivity contribution in [3.63, 3.8) is 0 Å². The van der Waals surface area contributed by atoms with Gasteiger partial charge in [-0.15, -0.1) is 0 Å². The van der Waals surface area contributed by atoms with Crippen molar-refractivity contribution in [1.29, 1.82) is 0 Å². The van der Waals surface area contributed by atoms with E-state index in [2.05, 4.69) is 10.4 Å². The molecular weight excluding hydrogens is 186 g/mol. The van der Waals surface area contributed by atoms with Crippen molar-refractivity contribution in [2.45, 2.75) is 31.8 Å². The van der Waals surface area contributed by atoms with Crippen LogP contribution >= 0.6 is 11.6 Å². The summed E-state index contributed by atoms with van der Waals surface area (Å²) in [5.41, 5.74) is 0. The molecule has 1 saturated carbocycles. The van der Waals surface area contributed by atoms with Crippen LogP contribution in [0, 0.1) is 0 Å². The van der Waals surface area contributed by atoms with Gasteiger partial charge in [0.15, 0.2) is 0 Å². The van der Waals surface area contributed by atoms with Crippen molar-refractivity contribution >= 4 is 11.6 Å². The van der Waals surface area contributed by atoms with E-state index in [1.54, 1.807) is 6.20 Å². The van der Waals surface area contributed by atoms with Gasteiger partial charge in [0.1, 0.15) is 0 Å². The normalized spacial score (nSPS) is 16.4. The Kier molecular flexibility index (Phi) is 2.86. The molecule has 0 bridgehead atoms. The topological polar surface area (TPSA) is 29.9 Å². The first-order chi connectivity index (χ1) is 6.34. The lowest BCUT2D eigenvalue weighted by atomic mass is 10.4. The SMILES string of the molecule is Clc1cnn(CCCNC2CC2)c1. The highest BCUT2D eigenvalue weighted by Gasteiger charge is 2.19. The zero-order valence-corrected chi connectivity index (χ0v) is 8.30. The van der Waals surface area contributed by atoms with Crippen molar-refractivity contribution in [1.82, 2.24) is 15.1 Å². The van der Waals surface area contributed by atoms with Crippen molar-refractivity contribution in [2.75, 3.05) is 6.54 Å². The molecule has 0 spiro atoms.